The first-order valence-electron chi connectivity index (χ1n) is 6.20. The molecule has 2 aromatic carbocycles. The van der Waals surface area contributed by atoms with E-state index in [9.17, 15) is 9.90 Å². The van der Waals surface area contributed by atoms with Crippen molar-refractivity contribution in [1.29, 1.82) is 0 Å². The number of benzene rings is 2. The van der Waals surface area contributed by atoms with E-state index in [1.54, 1.807) is 19.1 Å². The summed E-state index contributed by atoms with van der Waals surface area (Å²) in [6.07, 6.45) is 0. The second kappa shape index (κ2) is 4.42. The molecule has 1 aromatic heterocycles. The minimum absolute atomic E-state index is 0.0776. The van der Waals surface area contributed by atoms with E-state index in [1.807, 2.05) is 30.3 Å². The fraction of sp³-hybridized carbons (Fsp3) is 0.0625. The molecule has 0 aliphatic heterocycles. The number of nitrogens with two attached hydrogens (primary N) is 1. The third kappa shape index (κ3) is 1.73. The predicted octanol–water partition coefficient (Wildman–Crippen LogP) is 3.06. The van der Waals surface area contributed by atoms with Gasteiger partial charge in [-0.1, -0.05) is 30.3 Å². The molecule has 0 saturated carbocycles. The average Bonchev–Trinajstić information content (AvgIpc) is 2.46. The van der Waals surface area contributed by atoms with Crippen molar-refractivity contribution >= 4 is 16.7 Å². The Bertz CT molecular complexity index is 851. The molecule has 100 valence electrons. The van der Waals surface area contributed by atoms with Crippen molar-refractivity contribution in [3.8, 4) is 16.9 Å². The topological polar surface area (TPSA) is 76.5 Å². The molecular formula is C16H13NO3. The van der Waals surface area contributed by atoms with Gasteiger partial charge in [0.2, 0.25) is 0 Å². The lowest BCUT2D eigenvalue weighted by Crippen LogP contribution is -2.09. The van der Waals surface area contributed by atoms with E-state index in [2.05, 4.69) is 0 Å². The van der Waals surface area contributed by atoms with Crippen LogP contribution in [0.1, 0.15) is 5.56 Å². The van der Waals surface area contributed by atoms with E-state index in [1.165, 1.54) is 0 Å². The highest BCUT2D eigenvalue weighted by Crippen LogP contribution is 2.35. The zero-order valence-corrected chi connectivity index (χ0v) is 10.9. The molecule has 0 radical (unpaired) electrons. The summed E-state index contributed by atoms with van der Waals surface area (Å²) in [4.78, 5) is 11.9. The molecule has 0 unspecified atom stereocenters. The monoisotopic (exact) mass is 267 g/mol. The van der Waals surface area contributed by atoms with Crippen LogP contribution in [0.3, 0.4) is 0 Å². The van der Waals surface area contributed by atoms with E-state index in [0.29, 0.717) is 22.1 Å². The number of anilines is 1. The first kappa shape index (κ1) is 12.3. The Labute approximate surface area is 115 Å². The second-order valence-electron chi connectivity index (χ2n) is 4.63. The maximum atomic E-state index is 11.9. The lowest BCUT2D eigenvalue weighted by atomic mass is 9.99. The maximum Gasteiger partial charge on any atom is 0.360 e. The van der Waals surface area contributed by atoms with E-state index in [4.69, 9.17) is 10.2 Å². The Morgan fingerprint density at radius 3 is 2.50 bits per heavy atom. The third-order valence-electron chi connectivity index (χ3n) is 3.39. The molecule has 0 spiro atoms. The average molecular weight is 267 g/mol. The number of phenols is 1. The molecule has 0 amide bonds. The fourth-order valence-electron chi connectivity index (χ4n) is 2.32. The lowest BCUT2D eigenvalue weighted by molar-refractivity contribution is 0.468. The van der Waals surface area contributed by atoms with Crippen molar-refractivity contribution in [2.24, 2.45) is 0 Å². The summed E-state index contributed by atoms with van der Waals surface area (Å²) >= 11 is 0. The van der Waals surface area contributed by atoms with Crippen LogP contribution >= 0.6 is 0 Å². The van der Waals surface area contributed by atoms with Crippen LogP contribution in [0.4, 0.5) is 5.69 Å². The zero-order valence-electron chi connectivity index (χ0n) is 10.9. The number of fused-ring (bicyclic) bond motifs is 1. The highest BCUT2D eigenvalue weighted by Gasteiger charge is 2.16. The molecule has 0 atom stereocenters. The van der Waals surface area contributed by atoms with Crippen LogP contribution in [-0.4, -0.2) is 5.11 Å². The van der Waals surface area contributed by atoms with Gasteiger partial charge in [0.25, 0.3) is 0 Å². The van der Waals surface area contributed by atoms with E-state index in [-0.39, 0.29) is 11.4 Å². The van der Waals surface area contributed by atoms with Gasteiger partial charge in [0, 0.05) is 16.5 Å². The van der Waals surface area contributed by atoms with Crippen LogP contribution < -0.4 is 11.4 Å². The normalized spacial score (nSPS) is 10.8. The predicted molar refractivity (Wildman–Crippen MR) is 78.7 cm³/mol. The van der Waals surface area contributed by atoms with Gasteiger partial charge in [0.15, 0.2) is 0 Å². The lowest BCUT2D eigenvalue weighted by Gasteiger charge is -2.10. The second-order valence-corrected chi connectivity index (χ2v) is 4.63. The molecule has 1 heterocycles. The van der Waals surface area contributed by atoms with Gasteiger partial charge in [-0.2, -0.15) is 0 Å². The van der Waals surface area contributed by atoms with Crippen LogP contribution in [-0.2, 0) is 0 Å². The number of phenolic OH excluding ortho intramolecular Hbond substituents is 1. The summed E-state index contributed by atoms with van der Waals surface area (Å²) in [6, 6.07) is 12.7. The molecule has 4 heteroatoms. The molecule has 0 aliphatic carbocycles. The number of aromatic hydroxyl groups is 1. The Morgan fingerprint density at radius 2 is 1.80 bits per heavy atom. The molecule has 4 nitrogen and oxygen atoms in total. The minimum atomic E-state index is -0.593. The van der Waals surface area contributed by atoms with E-state index >= 15 is 0 Å². The number of aryl methyl sites for hydroxylation is 1. The van der Waals surface area contributed by atoms with Gasteiger partial charge < -0.3 is 15.3 Å². The number of nitrogen functional groups attached to an aromatic ring is 1. The number of hydrogen-bond acceptors (Lipinski definition) is 4. The van der Waals surface area contributed by atoms with Gasteiger partial charge in [-0.05, 0) is 24.6 Å². The molecule has 0 aliphatic rings. The van der Waals surface area contributed by atoms with Gasteiger partial charge in [-0.25, -0.2) is 4.79 Å². The maximum absolute atomic E-state index is 11.9. The van der Waals surface area contributed by atoms with Gasteiger partial charge in [0.1, 0.15) is 17.0 Å². The number of rotatable bonds is 1. The van der Waals surface area contributed by atoms with Gasteiger partial charge in [-0.3, -0.25) is 0 Å². The zero-order chi connectivity index (χ0) is 14.3. The molecule has 0 saturated heterocycles. The summed E-state index contributed by atoms with van der Waals surface area (Å²) in [5.74, 6) is 0.0874. The summed E-state index contributed by atoms with van der Waals surface area (Å²) < 4.78 is 5.23. The first-order chi connectivity index (χ1) is 9.59. The van der Waals surface area contributed by atoms with Crippen LogP contribution in [0.15, 0.2) is 51.7 Å². The van der Waals surface area contributed by atoms with Crippen LogP contribution in [0.5, 0.6) is 5.75 Å². The molecule has 3 rings (SSSR count). The van der Waals surface area contributed by atoms with Crippen molar-refractivity contribution in [1.82, 2.24) is 0 Å². The smallest absolute Gasteiger partial charge is 0.360 e. The Hall–Kier alpha value is -2.75. The first-order valence-corrected chi connectivity index (χ1v) is 6.20. The highest BCUT2D eigenvalue weighted by molar-refractivity contribution is 6.00. The molecule has 20 heavy (non-hydrogen) atoms. The van der Waals surface area contributed by atoms with Crippen molar-refractivity contribution in [3.05, 3.63) is 58.4 Å². The van der Waals surface area contributed by atoms with Crippen molar-refractivity contribution in [2.45, 2.75) is 6.92 Å². The fourth-order valence-corrected chi connectivity index (χ4v) is 2.32. The van der Waals surface area contributed by atoms with Crippen LogP contribution in [0.2, 0.25) is 0 Å². The van der Waals surface area contributed by atoms with Crippen molar-refractivity contribution in [2.75, 3.05) is 5.73 Å². The van der Waals surface area contributed by atoms with E-state index in [0.717, 1.165) is 5.56 Å². The molecular weight excluding hydrogens is 254 g/mol. The minimum Gasteiger partial charge on any atom is -0.508 e. The Morgan fingerprint density at radius 1 is 1.10 bits per heavy atom. The summed E-state index contributed by atoms with van der Waals surface area (Å²) in [7, 11) is 0. The van der Waals surface area contributed by atoms with Crippen molar-refractivity contribution in [3.63, 3.8) is 0 Å². The van der Waals surface area contributed by atoms with Gasteiger partial charge in [-0.15, -0.1) is 0 Å². The quantitative estimate of drug-likeness (QED) is 0.664. The molecule has 0 fully saturated rings. The highest BCUT2D eigenvalue weighted by atomic mass is 16.4. The third-order valence-corrected chi connectivity index (χ3v) is 3.39. The molecule has 3 N–H and O–H groups in total. The van der Waals surface area contributed by atoms with Crippen LogP contribution in [0.25, 0.3) is 22.1 Å². The standard InChI is InChI=1S/C16H13NO3/c1-9-12(18)8-7-11-13(10-5-3-2-4-6-10)14(17)16(19)20-15(9)11/h2-8,18H,17H2,1H3. The van der Waals surface area contributed by atoms with Gasteiger partial charge >= 0.3 is 5.63 Å². The largest absolute Gasteiger partial charge is 0.508 e. The molecule has 0 bridgehead atoms. The summed E-state index contributed by atoms with van der Waals surface area (Å²) in [6.45, 7) is 1.70. The Balaban J connectivity index is 2.51. The summed E-state index contributed by atoms with van der Waals surface area (Å²) in [5, 5.41) is 10.5. The SMILES string of the molecule is Cc1c(O)ccc2c(-c3ccccc3)c(N)c(=O)oc12. The van der Waals surface area contributed by atoms with Gasteiger partial charge in [0.05, 0.1) is 0 Å². The van der Waals surface area contributed by atoms with Crippen molar-refractivity contribution < 1.29 is 9.52 Å². The number of hydrogen-bond donors (Lipinski definition) is 2. The molecule has 3 aromatic rings. The summed E-state index contributed by atoms with van der Waals surface area (Å²) in [5.41, 5.74) is 7.75. The Kier molecular flexibility index (Phi) is 2.71. The van der Waals surface area contributed by atoms with Crippen LogP contribution in [0, 0.1) is 6.92 Å². The van der Waals surface area contributed by atoms with E-state index < -0.39 is 5.63 Å².